The van der Waals surface area contributed by atoms with E-state index in [-0.39, 0.29) is 0 Å². The van der Waals surface area contributed by atoms with Crippen LogP contribution in [0.3, 0.4) is 0 Å². The molecule has 0 spiro atoms. The monoisotopic (exact) mass is 203 g/mol. The molecule has 0 amide bonds. The van der Waals surface area contributed by atoms with Crippen molar-refractivity contribution in [3.63, 3.8) is 0 Å². The van der Waals surface area contributed by atoms with Crippen molar-refractivity contribution in [2.75, 3.05) is 13.6 Å². The summed E-state index contributed by atoms with van der Waals surface area (Å²) in [6, 6.07) is 6.83. The Labute approximate surface area is 92.9 Å². The van der Waals surface area contributed by atoms with Gasteiger partial charge >= 0.3 is 0 Å². The molecule has 1 nitrogen and oxygen atoms in total. The second-order valence-electron chi connectivity index (χ2n) is 5.19. The normalized spacial score (nSPS) is 29.2. The molecule has 1 heteroatoms. The number of rotatable bonds is 3. The van der Waals surface area contributed by atoms with Crippen molar-refractivity contribution in [3.05, 3.63) is 34.9 Å². The van der Waals surface area contributed by atoms with Crippen molar-refractivity contribution in [1.82, 2.24) is 5.32 Å². The predicted octanol–water partition coefficient (Wildman–Crippen LogP) is 2.80. The summed E-state index contributed by atoms with van der Waals surface area (Å²) in [5.41, 5.74) is 4.82. The summed E-state index contributed by atoms with van der Waals surface area (Å²) in [5.74, 6) is 0.822. The van der Waals surface area contributed by atoms with Gasteiger partial charge in [0, 0.05) is 0 Å². The summed E-state index contributed by atoms with van der Waals surface area (Å²) >= 11 is 0. The van der Waals surface area contributed by atoms with Gasteiger partial charge in [0.2, 0.25) is 0 Å². The van der Waals surface area contributed by atoms with Crippen molar-refractivity contribution < 1.29 is 0 Å². The Morgan fingerprint density at radius 3 is 2.80 bits per heavy atom. The smallest absolute Gasteiger partial charge is 0.00148 e. The van der Waals surface area contributed by atoms with Gasteiger partial charge < -0.3 is 5.32 Å². The largest absolute Gasteiger partial charge is 0.319 e. The summed E-state index contributed by atoms with van der Waals surface area (Å²) in [4.78, 5) is 0. The topological polar surface area (TPSA) is 12.0 Å². The van der Waals surface area contributed by atoms with E-state index in [0.717, 1.165) is 12.5 Å². The molecule has 1 aromatic rings. The SMILES string of the molecule is CNCC1CC1(C)c1cc(C)ccc1C. The second kappa shape index (κ2) is 3.64. The molecular weight excluding hydrogens is 182 g/mol. The number of hydrogen-bond donors (Lipinski definition) is 1. The molecule has 1 aliphatic carbocycles. The Kier molecular flexibility index (Phi) is 2.59. The molecule has 1 aliphatic rings. The van der Waals surface area contributed by atoms with Crippen LogP contribution in [0.5, 0.6) is 0 Å². The van der Waals surface area contributed by atoms with Crippen molar-refractivity contribution >= 4 is 0 Å². The van der Waals surface area contributed by atoms with E-state index in [4.69, 9.17) is 0 Å². The molecular formula is C14H21N. The van der Waals surface area contributed by atoms with Gasteiger partial charge in [0.15, 0.2) is 0 Å². The molecule has 1 N–H and O–H groups in total. The maximum atomic E-state index is 3.29. The van der Waals surface area contributed by atoms with Gasteiger partial charge in [-0.25, -0.2) is 0 Å². The quantitative estimate of drug-likeness (QED) is 0.796. The zero-order valence-electron chi connectivity index (χ0n) is 10.2. The third kappa shape index (κ3) is 1.81. The van der Waals surface area contributed by atoms with Gasteiger partial charge in [-0.3, -0.25) is 0 Å². The Bertz CT molecular complexity index is 370. The lowest BCUT2D eigenvalue weighted by Gasteiger charge is -2.16. The summed E-state index contributed by atoms with van der Waals surface area (Å²) in [7, 11) is 2.04. The fraction of sp³-hybridized carbons (Fsp3) is 0.571. The molecule has 15 heavy (non-hydrogen) atoms. The van der Waals surface area contributed by atoms with E-state index in [2.05, 4.69) is 44.3 Å². The first kappa shape index (κ1) is 10.7. The van der Waals surface area contributed by atoms with Gasteiger partial charge in [0.25, 0.3) is 0 Å². The zero-order chi connectivity index (χ0) is 11.1. The maximum absolute atomic E-state index is 3.29. The summed E-state index contributed by atoms with van der Waals surface area (Å²) in [6.07, 6.45) is 1.33. The van der Waals surface area contributed by atoms with Crippen LogP contribution in [0.25, 0.3) is 0 Å². The van der Waals surface area contributed by atoms with Crippen molar-refractivity contribution in [1.29, 1.82) is 0 Å². The predicted molar refractivity (Wildman–Crippen MR) is 65.3 cm³/mol. The van der Waals surface area contributed by atoms with E-state index in [1.165, 1.54) is 17.5 Å². The van der Waals surface area contributed by atoms with Crippen LogP contribution in [0, 0.1) is 19.8 Å². The molecule has 0 saturated heterocycles. The highest BCUT2D eigenvalue weighted by Gasteiger charge is 2.50. The van der Waals surface area contributed by atoms with Gasteiger partial charge in [-0.1, -0.05) is 30.7 Å². The van der Waals surface area contributed by atoms with E-state index in [1.807, 2.05) is 7.05 Å². The molecule has 82 valence electrons. The van der Waals surface area contributed by atoms with Crippen LogP contribution in [0.2, 0.25) is 0 Å². The van der Waals surface area contributed by atoms with E-state index in [9.17, 15) is 0 Å². The van der Waals surface area contributed by atoms with Crippen LogP contribution in [0.4, 0.5) is 0 Å². The van der Waals surface area contributed by atoms with E-state index in [0.29, 0.717) is 5.41 Å². The molecule has 2 rings (SSSR count). The fourth-order valence-corrected chi connectivity index (χ4v) is 2.68. The minimum Gasteiger partial charge on any atom is -0.319 e. The minimum atomic E-state index is 0.430. The third-order valence-corrected chi connectivity index (χ3v) is 3.87. The van der Waals surface area contributed by atoms with Crippen LogP contribution >= 0.6 is 0 Å². The number of aryl methyl sites for hydroxylation is 2. The van der Waals surface area contributed by atoms with Gasteiger partial charge in [0.1, 0.15) is 0 Å². The Balaban J connectivity index is 2.27. The van der Waals surface area contributed by atoms with Crippen molar-refractivity contribution in [2.45, 2.75) is 32.6 Å². The van der Waals surface area contributed by atoms with Gasteiger partial charge in [-0.15, -0.1) is 0 Å². The first-order valence-electron chi connectivity index (χ1n) is 5.80. The lowest BCUT2D eigenvalue weighted by atomic mass is 9.90. The molecule has 1 aromatic carbocycles. The van der Waals surface area contributed by atoms with Gasteiger partial charge in [-0.2, -0.15) is 0 Å². The van der Waals surface area contributed by atoms with Crippen LogP contribution < -0.4 is 5.32 Å². The van der Waals surface area contributed by atoms with Crippen molar-refractivity contribution in [2.24, 2.45) is 5.92 Å². The zero-order valence-corrected chi connectivity index (χ0v) is 10.2. The van der Waals surface area contributed by atoms with E-state index in [1.54, 1.807) is 5.56 Å². The highest BCUT2D eigenvalue weighted by molar-refractivity contribution is 5.41. The maximum Gasteiger partial charge on any atom is -0.00148 e. The standard InChI is InChI=1S/C14H21N/c1-10-5-6-11(2)13(7-10)14(3)8-12(14)9-15-4/h5-7,12,15H,8-9H2,1-4H3. The Morgan fingerprint density at radius 2 is 2.13 bits per heavy atom. The molecule has 1 saturated carbocycles. The molecule has 0 aromatic heterocycles. The molecule has 2 unspecified atom stereocenters. The molecule has 0 bridgehead atoms. The van der Waals surface area contributed by atoms with Crippen LogP contribution in [-0.2, 0) is 5.41 Å². The molecule has 0 aliphatic heterocycles. The lowest BCUT2D eigenvalue weighted by Crippen LogP contribution is -2.16. The van der Waals surface area contributed by atoms with Crippen LogP contribution in [0.1, 0.15) is 30.0 Å². The highest BCUT2D eigenvalue weighted by Crippen LogP contribution is 2.54. The van der Waals surface area contributed by atoms with Gasteiger partial charge in [0.05, 0.1) is 0 Å². The summed E-state index contributed by atoms with van der Waals surface area (Å²) in [6.45, 7) is 7.96. The minimum absolute atomic E-state index is 0.430. The van der Waals surface area contributed by atoms with Crippen molar-refractivity contribution in [3.8, 4) is 0 Å². The first-order chi connectivity index (χ1) is 7.08. The number of hydrogen-bond acceptors (Lipinski definition) is 1. The van der Waals surface area contributed by atoms with E-state index < -0.39 is 0 Å². The average Bonchev–Trinajstić information content (AvgIpc) is 2.83. The highest BCUT2D eigenvalue weighted by atomic mass is 14.8. The molecule has 0 radical (unpaired) electrons. The Hall–Kier alpha value is -0.820. The lowest BCUT2D eigenvalue weighted by molar-refractivity contribution is 0.614. The Morgan fingerprint density at radius 1 is 1.40 bits per heavy atom. The first-order valence-corrected chi connectivity index (χ1v) is 5.80. The molecule has 1 fully saturated rings. The van der Waals surface area contributed by atoms with Crippen LogP contribution in [-0.4, -0.2) is 13.6 Å². The summed E-state index contributed by atoms with van der Waals surface area (Å²) in [5, 5.41) is 3.29. The fourth-order valence-electron chi connectivity index (χ4n) is 2.68. The third-order valence-electron chi connectivity index (χ3n) is 3.87. The number of benzene rings is 1. The second-order valence-corrected chi connectivity index (χ2v) is 5.19. The van der Waals surface area contributed by atoms with Crippen LogP contribution in [0.15, 0.2) is 18.2 Å². The van der Waals surface area contributed by atoms with E-state index >= 15 is 0 Å². The molecule has 2 atom stereocenters. The number of nitrogens with one attached hydrogen (secondary N) is 1. The molecule has 0 heterocycles. The van der Waals surface area contributed by atoms with Gasteiger partial charge in [-0.05, 0) is 56.3 Å². The average molecular weight is 203 g/mol. The summed E-state index contributed by atoms with van der Waals surface area (Å²) < 4.78 is 0.